The number of rotatable bonds is 5. The van der Waals surface area contributed by atoms with Crippen molar-refractivity contribution < 1.29 is 39.0 Å². The third-order valence-corrected chi connectivity index (χ3v) is 9.15. The van der Waals surface area contributed by atoms with Crippen molar-refractivity contribution in [1.82, 2.24) is 4.31 Å². The molecule has 4 unspecified atom stereocenters. The Morgan fingerprint density at radius 2 is 1.38 bits per heavy atom. The SMILES string of the molecule is CC(F)(C(F)(F)C(C)(F)S(=O)(=O)N1CCC2CCCCC2C1)S(=O)(=O)O. The molecule has 1 N–H and O–H groups in total. The Hall–Kier alpha value is -0.460. The lowest BCUT2D eigenvalue weighted by Crippen LogP contribution is -2.65. The molecule has 154 valence electrons. The second-order valence-corrected chi connectivity index (χ2v) is 11.3. The van der Waals surface area contributed by atoms with Crippen molar-refractivity contribution in [3.8, 4) is 0 Å². The van der Waals surface area contributed by atoms with Crippen LogP contribution in [0.5, 0.6) is 0 Å². The molecule has 2 aliphatic rings. The summed E-state index contributed by atoms with van der Waals surface area (Å²) in [6, 6.07) is 0. The average molecular weight is 425 g/mol. The number of alkyl halides is 4. The zero-order chi connectivity index (χ0) is 20.2. The highest BCUT2D eigenvalue weighted by Gasteiger charge is 2.75. The maximum atomic E-state index is 14.9. The molecule has 0 radical (unpaired) electrons. The third-order valence-electron chi connectivity index (χ3n) is 5.68. The van der Waals surface area contributed by atoms with Crippen molar-refractivity contribution in [1.29, 1.82) is 0 Å². The van der Waals surface area contributed by atoms with Crippen molar-refractivity contribution in [3.05, 3.63) is 0 Å². The molecule has 1 aliphatic carbocycles. The van der Waals surface area contributed by atoms with Gasteiger partial charge in [-0.25, -0.2) is 17.2 Å². The van der Waals surface area contributed by atoms with Crippen LogP contribution >= 0.6 is 0 Å². The molecule has 0 spiro atoms. The van der Waals surface area contributed by atoms with Crippen LogP contribution < -0.4 is 0 Å². The lowest BCUT2D eigenvalue weighted by Gasteiger charge is -2.44. The number of halogens is 4. The monoisotopic (exact) mass is 425 g/mol. The first-order valence-corrected chi connectivity index (χ1v) is 11.2. The molecule has 6 nitrogen and oxygen atoms in total. The number of hydrogen-bond acceptors (Lipinski definition) is 4. The van der Waals surface area contributed by atoms with Gasteiger partial charge in [-0.05, 0) is 38.5 Å². The highest BCUT2D eigenvalue weighted by atomic mass is 32.2. The second kappa shape index (κ2) is 6.56. The van der Waals surface area contributed by atoms with E-state index >= 15 is 0 Å². The number of hydrogen-bond donors (Lipinski definition) is 1. The maximum Gasteiger partial charge on any atom is 0.346 e. The van der Waals surface area contributed by atoms with Gasteiger partial charge in [-0.15, -0.1) is 0 Å². The first kappa shape index (κ1) is 21.8. The van der Waals surface area contributed by atoms with Gasteiger partial charge in [0.25, 0.3) is 20.0 Å². The molecule has 0 aromatic heterocycles. The molecular formula is C14H23F4NO5S2. The van der Waals surface area contributed by atoms with Crippen LogP contribution in [0.2, 0.25) is 0 Å². The van der Waals surface area contributed by atoms with E-state index in [1.807, 2.05) is 0 Å². The minimum atomic E-state index is -6.09. The van der Waals surface area contributed by atoms with Gasteiger partial charge in [0, 0.05) is 13.1 Å². The van der Waals surface area contributed by atoms with Gasteiger partial charge in [-0.3, -0.25) is 4.55 Å². The van der Waals surface area contributed by atoms with Crippen LogP contribution in [0.1, 0.15) is 46.0 Å². The van der Waals surface area contributed by atoms with Crippen molar-refractivity contribution >= 4 is 20.1 Å². The molecule has 0 amide bonds. The summed E-state index contributed by atoms with van der Waals surface area (Å²) in [5.74, 6) is -5.42. The van der Waals surface area contributed by atoms with Gasteiger partial charge >= 0.3 is 16.0 Å². The van der Waals surface area contributed by atoms with Gasteiger partial charge < -0.3 is 0 Å². The highest BCUT2D eigenvalue weighted by molar-refractivity contribution is 7.90. The normalized spacial score (nSPS) is 30.9. The molecule has 0 bridgehead atoms. The number of sulfonamides is 1. The Labute approximate surface area is 150 Å². The Morgan fingerprint density at radius 3 is 1.88 bits per heavy atom. The molecule has 1 heterocycles. The molecular weight excluding hydrogens is 402 g/mol. The van der Waals surface area contributed by atoms with Crippen LogP contribution in [-0.4, -0.2) is 54.7 Å². The Morgan fingerprint density at radius 1 is 0.885 bits per heavy atom. The van der Waals surface area contributed by atoms with E-state index in [-0.39, 0.29) is 38.8 Å². The molecule has 0 aromatic carbocycles. The highest BCUT2D eigenvalue weighted by Crippen LogP contribution is 2.50. The van der Waals surface area contributed by atoms with E-state index in [1.54, 1.807) is 0 Å². The predicted octanol–water partition coefficient (Wildman–Crippen LogP) is 2.72. The Bertz CT molecular complexity index is 751. The van der Waals surface area contributed by atoms with Crippen molar-refractivity contribution in [3.63, 3.8) is 0 Å². The van der Waals surface area contributed by atoms with Gasteiger partial charge in [-0.2, -0.15) is 21.5 Å². The zero-order valence-corrected chi connectivity index (χ0v) is 16.1. The maximum absolute atomic E-state index is 14.9. The molecule has 1 aliphatic heterocycles. The topological polar surface area (TPSA) is 91.8 Å². The first-order chi connectivity index (χ1) is 11.6. The van der Waals surface area contributed by atoms with E-state index in [9.17, 15) is 34.4 Å². The fourth-order valence-corrected chi connectivity index (χ4v) is 6.07. The zero-order valence-electron chi connectivity index (χ0n) is 14.5. The van der Waals surface area contributed by atoms with Gasteiger partial charge in [0.2, 0.25) is 0 Å². The van der Waals surface area contributed by atoms with Crippen LogP contribution in [-0.2, 0) is 20.1 Å². The number of piperidine rings is 1. The lowest BCUT2D eigenvalue weighted by atomic mass is 9.76. The largest absolute Gasteiger partial charge is 0.346 e. The summed E-state index contributed by atoms with van der Waals surface area (Å²) in [4.78, 5) is 0. The molecule has 1 saturated carbocycles. The summed E-state index contributed by atoms with van der Waals surface area (Å²) in [7, 11) is -11.5. The lowest BCUT2D eigenvalue weighted by molar-refractivity contribution is -0.154. The number of fused-ring (bicyclic) bond motifs is 1. The quantitative estimate of drug-likeness (QED) is 0.540. The summed E-state index contributed by atoms with van der Waals surface area (Å²) in [5, 5.41) is -9.39. The summed E-state index contributed by atoms with van der Waals surface area (Å²) >= 11 is 0. The molecule has 12 heteroatoms. The summed E-state index contributed by atoms with van der Waals surface area (Å²) in [6.07, 6.45) is 3.77. The van der Waals surface area contributed by atoms with Crippen LogP contribution in [0.25, 0.3) is 0 Å². The molecule has 26 heavy (non-hydrogen) atoms. The summed E-state index contributed by atoms with van der Waals surface area (Å²) < 4.78 is 114. The van der Waals surface area contributed by atoms with Crippen LogP contribution in [0.4, 0.5) is 17.6 Å². The summed E-state index contributed by atoms with van der Waals surface area (Å²) in [5.41, 5.74) is 0. The average Bonchev–Trinajstić information content (AvgIpc) is 2.52. The van der Waals surface area contributed by atoms with Crippen molar-refractivity contribution in [2.75, 3.05) is 13.1 Å². The predicted molar refractivity (Wildman–Crippen MR) is 86.1 cm³/mol. The summed E-state index contributed by atoms with van der Waals surface area (Å²) in [6.45, 7) is -0.702. The van der Waals surface area contributed by atoms with E-state index in [2.05, 4.69) is 0 Å². The van der Waals surface area contributed by atoms with E-state index < -0.39 is 36.1 Å². The van der Waals surface area contributed by atoms with Gasteiger partial charge in [0.1, 0.15) is 0 Å². The molecule has 4 atom stereocenters. The van der Waals surface area contributed by atoms with E-state index in [1.165, 1.54) is 0 Å². The standard InChI is InChI=1S/C14H23F4NO5S2/c1-12(15,14(17,18)13(2,16)26(22,23)24)25(20,21)19-8-7-10-5-3-4-6-11(10)9-19/h10-11H,3-9H2,1-2H3,(H,22,23,24). The molecule has 2 fully saturated rings. The van der Waals surface area contributed by atoms with Gasteiger partial charge in [0.15, 0.2) is 0 Å². The van der Waals surface area contributed by atoms with E-state index in [4.69, 9.17) is 4.55 Å². The van der Waals surface area contributed by atoms with E-state index in [0.717, 1.165) is 19.3 Å². The van der Waals surface area contributed by atoms with Crippen molar-refractivity contribution in [2.24, 2.45) is 11.8 Å². The third kappa shape index (κ3) is 3.16. The van der Waals surface area contributed by atoms with Crippen LogP contribution in [0.15, 0.2) is 0 Å². The first-order valence-electron chi connectivity index (χ1n) is 8.29. The van der Waals surface area contributed by atoms with Crippen LogP contribution in [0, 0.1) is 11.8 Å². The van der Waals surface area contributed by atoms with Crippen molar-refractivity contribution in [2.45, 2.75) is 61.9 Å². The van der Waals surface area contributed by atoms with Crippen LogP contribution in [0.3, 0.4) is 0 Å². The molecule has 0 aromatic rings. The Balaban J connectivity index is 2.37. The molecule has 2 rings (SSSR count). The van der Waals surface area contributed by atoms with Gasteiger partial charge in [0.05, 0.1) is 0 Å². The minimum Gasteiger partial charge on any atom is -0.283 e. The van der Waals surface area contributed by atoms with E-state index in [0.29, 0.717) is 17.1 Å². The fraction of sp³-hybridized carbons (Fsp3) is 1.00. The van der Waals surface area contributed by atoms with Gasteiger partial charge in [-0.1, -0.05) is 19.3 Å². The molecule has 1 saturated heterocycles. The Kier molecular flexibility index (Phi) is 5.51. The smallest absolute Gasteiger partial charge is 0.283 e. The second-order valence-electron chi connectivity index (χ2n) is 7.34. The number of nitrogens with zero attached hydrogens (tertiary/aromatic N) is 1. The fourth-order valence-electron chi connectivity index (χ4n) is 3.75. The minimum absolute atomic E-state index is 0.0711.